The van der Waals surface area contributed by atoms with E-state index in [1.165, 1.54) is 41.0 Å². The number of alkyl halides is 3. The second-order valence-corrected chi connectivity index (χ2v) is 14.0. The van der Waals surface area contributed by atoms with E-state index in [-0.39, 0.29) is 41.2 Å². The lowest BCUT2D eigenvalue weighted by molar-refractivity contribution is -0.138. The van der Waals surface area contributed by atoms with Crippen LogP contribution in [0, 0.1) is 13.8 Å². The molecule has 1 amide bonds. The van der Waals surface area contributed by atoms with Gasteiger partial charge in [0.2, 0.25) is 11.9 Å². The van der Waals surface area contributed by atoms with Crippen LogP contribution >= 0.6 is 11.3 Å². The van der Waals surface area contributed by atoms with Crippen molar-refractivity contribution in [3.8, 4) is 11.3 Å². The molecule has 2 aromatic carbocycles. The molecule has 7 rings (SSSR count). The molecule has 2 aliphatic rings. The smallest absolute Gasteiger partial charge is 0.369 e. The van der Waals surface area contributed by atoms with Crippen LogP contribution in [0.25, 0.3) is 22.3 Å². The molecule has 2 saturated heterocycles. The maximum atomic E-state index is 14.4. The molecule has 0 spiro atoms. The van der Waals surface area contributed by atoms with Crippen LogP contribution in [0.15, 0.2) is 59.5 Å². The van der Waals surface area contributed by atoms with E-state index < -0.39 is 17.3 Å². The summed E-state index contributed by atoms with van der Waals surface area (Å²) >= 11 is 1.42. The van der Waals surface area contributed by atoms with Crippen LogP contribution in [0.3, 0.4) is 0 Å². The van der Waals surface area contributed by atoms with Gasteiger partial charge < -0.3 is 20.4 Å². The molecule has 1 unspecified atom stereocenters. The highest BCUT2D eigenvalue weighted by Crippen LogP contribution is 2.38. The maximum absolute atomic E-state index is 14.4. The number of carbonyl (C=O) groups excluding carboxylic acids is 1. The summed E-state index contributed by atoms with van der Waals surface area (Å²) in [7, 11) is 0. The summed E-state index contributed by atoms with van der Waals surface area (Å²) in [6.45, 7) is 9.37. The molecule has 1 atom stereocenters. The highest BCUT2D eigenvalue weighted by atomic mass is 32.1. The second kappa shape index (κ2) is 13.5. The Morgan fingerprint density at radius 3 is 2.58 bits per heavy atom. The zero-order valence-corrected chi connectivity index (χ0v) is 28.8. The summed E-state index contributed by atoms with van der Waals surface area (Å²) in [5.41, 5.74) is 2.41. The monoisotopic (exact) mass is 702 g/mol. The van der Waals surface area contributed by atoms with Crippen LogP contribution in [0.1, 0.15) is 52.4 Å². The molecule has 2 N–H and O–H groups in total. The highest BCUT2D eigenvalue weighted by Gasteiger charge is 2.34. The zero-order valence-electron chi connectivity index (χ0n) is 28.0. The molecule has 2 fully saturated rings. The Hall–Kier alpha value is -4.82. The van der Waals surface area contributed by atoms with E-state index in [1.54, 1.807) is 17.2 Å². The fourth-order valence-electron chi connectivity index (χ4n) is 6.97. The summed E-state index contributed by atoms with van der Waals surface area (Å²) in [5.74, 6) is 0.167. The van der Waals surface area contributed by atoms with Crippen molar-refractivity contribution in [3.05, 3.63) is 91.7 Å². The van der Waals surface area contributed by atoms with Crippen LogP contribution < -0.4 is 21.1 Å². The fourth-order valence-corrected chi connectivity index (χ4v) is 8.06. The SMILES string of the molecule is CC(=O)N1CCCC1c1nc(-c2cc3cnc(Nc4ccc(N5CCNCC5)c(C)c4)nc3n(Cc3ccccc3C(F)(F)F)c2=O)c(C)s1. The third-order valence-corrected chi connectivity index (χ3v) is 10.5. The number of fused-ring (bicyclic) bond motifs is 1. The number of aromatic nitrogens is 4. The number of pyridine rings is 1. The number of benzene rings is 2. The molecular formula is C36H37F3N8O2S. The van der Waals surface area contributed by atoms with E-state index in [0.717, 1.165) is 71.9 Å². The Morgan fingerprint density at radius 2 is 1.84 bits per heavy atom. The molecule has 0 aliphatic carbocycles. The minimum atomic E-state index is -4.62. The van der Waals surface area contributed by atoms with Crippen molar-refractivity contribution in [2.75, 3.05) is 42.9 Å². The van der Waals surface area contributed by atoms with Crippen molar-refractivity contribution in [1.29, 1.82) is 0 Å². The number of halogens is 3. The Labute approximate surface area is 291 Å². The second-order valence-electron chi connectivity index (χ2n) is 12.8. The molecule has 5 aromatic rings. The van der Waals surface area contributed by atoms with Gasteiger partial charge in [-0.2, -0.15) is 18.2 Å². The zero-order chi connectivity index (χ0) is 35.2. The predicted molar refractivity (Wildman–Crippen MR) is 189 cm³/mol. The first-order valence-electron chi connectivity index (χ1n) is 16.6. The van der Waals surface area contributed by atoms with E-state index in [0.29, 0.717) is 17.6 Å². The van der Waals surface area contributed by atoms with Gasteiger partial charge in [0.15, 0.2) is 0 Å². The molecule has 3 aromatic heterocycles. The number of aryl methyl sites for hydroxylation is 2. The van der Waals surface area contributed by atoms with Crippen LogP contribution in [-0.4, -0.2) is 63.0 Å². The number of hydrogen-bond acceptors (Lipinski definition) is 9. The van der Waals surface area contributed by atoms with Gasteiger partial charge in [0.05, 0.1) is 29.4 Å². The average molecular weight is 703 g/mol. The van der Waals surface area contributed by atoms with Crippen molar-refractivity contribution >= 4 is 45.6 Å². The predicted octanol–water partition coefficient (Wildman–Crippen LogP) is 6.44. The summed E-state index contributed by atoms with van der Waals surface area (Å²) in [6.07, 6.45) is -1.43. The van der Waals surface area contributed by atoms with Crippen LogP contribution in [0.4, 0.5) is 30.5 Å². The molecular weight excluding hydrogens is 666 g/mol. The number of hydrogen-bond donors (Lipinski definition) is 2. The van der Waals surface area contributed by atoms with Crippen molar-refractivity contribution < 1.29 is 18.0 Å². The van der Waals surface area contributed by atoms with E-state index in [1.807, 2.05) is 32.0 Å². The molecule has 2 aliphatic heterocycles. The van der Waals surface area contributed by atoms with Gasteiger partial charge in [0.1, 0.15) is 10.7 Å². The number of nitrogens with zero attached hydrogens (tertiary/aromatic N) is 6. The topological polar surface area (TPSA) is 108 Å². The Bertz CT molecular complexity index is 2140. The molecule has 5 heterocycles. The molecule has 0 radical (unpaired) electrons. The molecule has 0 bridgehead atoms. The summed E-state index contributed by atoms with van der Waals surface area (Å²) in [4.78, 5) is 45.7. The van der Waals surface area contributed by atoms with Gasteiger partial charge in [-0.05, 0) is 68.1 Å². The normalized spacial score (nSPS) is 16.7. The molecule has 0 saturated carbocycles. The molecule has 14 heteroatoms. The lowest BCUT2D eigenvalue weighted by atomic mass is 10.1. The van der Waals surface area contributed by atoms with E-state index >= 15 is 0 Å². The van der Waals surface area contributed by atoms with E-state index in [2.05, 4.69) is 20.5 Å². The van der Waals surface area contributed by atoms with Gasteiger partial charge >= 0.3 is 6.18 Å². The largest absolute Gasteiger partial charge is 0.416 e. The number of amides is 1. The minimum Gasteiger partial charge on any atom is -0.369 e. The number of thiazole rings is 1. The Balaban J connectivity index is 1.31. The summed E-state index contributed by atoms with van der Waals surface area (Å²) in [5, 5.41) is 7.79. The first-order valence-corrected chi connectivity index (χ1v) is 17.4. The van der Waals surface area contributed by atoms with Crippen molar-refractivity contribution in [3.63, 3.8) is 0 Å². The van der Waals surface area contributed by atoms with Crippen LogP contribution in [0.2, 0.25) is 0 Å². The Morgan fingerprint density at radius 1 is 1.06 bits per heavy atom. The van der Waals surface area contributed by atoms with Gasteiger partial charge in [-0.15, -0.1) is 11.3 Å². The lowest BCUT2D eigenvalue weighted by Gasteiger charge is -2.30. The number of likely N-dealkylation sites (tertiary alicyclic amines) is 1. The van der Waals surface area contributed by atoms with Gasteiger partial charge in [-0.1, -0.05) is 18.2 Å². The van der Waals surface area contributed by atoms with E-state index in [4.69, 9.17) is 9.97 Å². The number of rotatable bonds is 7. The van der Waals surface area contributed by atoms with Crippen LogP contribution in [-0.2, 0) is 17.5 Å². The third kappa shape index (κ3) is 6.56. The molecule has 10 nitrogen and oxygen atoms in total. The van der Waals surface area contributed by atoms with Gasteiger partial charge in [-0.3, -0.25) is 14.2 Å². The first-order chi connectivity index (χ1) is 24.0. The van der Waals surface area contributed by atoms with E-state index in [9.17, 15) is 22.8 Å². The van der Waals surface area contributed by atoms with Crippen molar-refractivity contribution in [1.82, 2.24) is 29.7 Å². The number of nitrogens with one attached hydrogen (secondary N) is 2. The summed E-state index contributed by atoms with van der Waals surface area (Å²) in [6, 6.07) is 12.7. The van der Waals surface area contributed by atoms with Crippen molar-refractivity contribution in [2.45, 2.75) is 52.4 Å². The minimum absolute atomic E-state index is 0.0366. The van der Waals surface area contributed by atoms with Crippen LogP contribution in [0.5, 0.6) is 0 Å². The first kappa shape index (κ1) is 33.7. The third-order valence-electron chi connectivity index (χ3n) is 9.40. The quantitative estimate of drug-likeness (QED) is 0.200. The van der Waals surface area contributed by atoms with Gasteiger partial charge in [0.25, 0.3) is 5.56 Å². The molecule has 260 valence electrons. The maximum Gasteiger partial charge on any atom is 0.416 e. The summed E-state index contributed by atoms with van der Waals surface area (Å²) < 4.78 is 43.6. The van der Waals surface area contributed by atoms with Gasteiger partial charge in [0, 0.05) is 67.5 Å². The Kier molecular flexibility index (Phi) is 9.07. The van der Waals surface area contributed by atoms with Gasteiger partial charge in [-0.25, -0.2) is 9.97 Å². The highest BCUT2D eigenvalue weighted by molar-refractivity contribution is 7.12. The fraction of sp³-hybridized carbons (Fsp3) is 0.361. The standard InChI is InChI=1S/C36H37F3N8O2S/c1-21-17-26(10-11-29(21)45-15-12-40-13-16-45)42-35-41-19-25-18-27(31-22(2)50-33(43-31)30-9-6-14-46(30)23(3)48)34(49)47(32(25)44-35)20-24-7-4-5-8-28(24)36(37,38)39/h4-5,7-8,10-11,17-19,30,40H,6,9,12-16,20H2,1-3H3,(H,41,42,44). The lowest BCUT2D eigenvalue weighted by Crippen LogP contribution is -2.43. The number of carbonyl (C=O) groups is 1. The molecule has 50 heavy (non-hydrogen) atoms. The number of piperazine rings is 1. The average Bonchev–Trinajstić information content (AvgIpc) is 3.73. The van der Waals surface area contributed by atoms with Crippen molar-refractivity contribution in [2.24, 2.45) is 0 Å². The number of anilines is 3.